The number of benzene rings is 2. The summed E-state index contributed by atoms with van der Waals surface area (Å²) in [5.41, 5.74) is 10.0. The Labute approximate surface area is 307 Å². The smallest absolute Gasteiger partial charge is 0.225 e. The fraction of sp³-hybridized carbons (Fsp3) is 0.690. The van der Waals surface area contributed by atoms with Crippen LogP contribution in [0.25, 0.3) is 0 Å². The quantitative estimate of drug-likeness (QED) is 0.233. The molecule has 1 aliphatic carbocycles. The Bertz CT molecular complexity index is 1360. The zero-order valence-electron chi connectivity index (χ0n) is 32.0. The van der Waals surface area contributed by atoms with Crippen molar-refractivity contribution in [3.63, 3.8) is 0 Å². The first kappa shape index (κ1) is 39.1. The molecule has 4 unspecified atom stereocenters. The molecule has 268 valence electrons. The molecule has 0 radical (unpaired) electrons. The minimum Gasteiger partial charge on any atom is -0.353 e. The van der Waals surface area contributed by atoms with Gasteiger partial charge in [-0.3, -0.25) is 4.79 Å². The van der Waals surface area contributed by atoms with Crippen LogP contribution < -0.4 is 15.1 Å². The second kappa shape index (κ2) is 16.1. The van der Waals surface area contributed by atoms with Crippen LogP contribution >= 0.6 is 27.5 Å². The van der Waals surface area contributed by atoms with E-state index in [2.05, 4.69) is 131 Å². The predicted molar refractivity (Wildman–Crippen MR) is 212 cm³/mol. The third-order valence-corrected chi connectivity index (χ3v) is 12.3. The fourth-order valence-electron chi connectivity index (χ4n) is 9.46. The van der Waals surface area contributed by atoms with Gasteiger partial charge in [-0.05, 0) is 115 Å². The van der Waals surface area contributed by atoms with Crippen molar-refractivity contribution in [1.29, 1.82) is 0 Å². The summed E-state index contributed by atoms with van der Waals surface area (Å²) >= 11 is 11.2. The van der Waals surface area contributed by atoms with E-state index in [-0.39, 0.29) is 22.4 Å². The van der Waals surface area contributed by atoms with Gasteiger partial charge in [0.1, 0.15) is 6.17 Å². The molecule has 4 atom stereocenters. The molecule has 2 aromatic carbocycles. The molecule has 2 aromatic rings. The van der Waals surface area contributed by atoms with E-state index in [1.807, 2.05) is 0 Å². The summed E-state index contributed by atoms with van der Waals surface area (Å²) in [7, 11) is 0. The van der Waals surface area contributed by atoms with E-state index in [0.29, 0.717) is 23.8 Å². The number of amides is 1. The number of halogens is 2. The van der Waals surface area contributed by atoms with Crippen LogP contribution in [0.15, 0.2) is 24.3 Å². The Balaban J connectivity index is 1.67. The topological polar surface area (TPSA) is 35.6 Å². The lowest BCUT2D eigenvalue weighted by atomic mass is 9.72. The van der Waals surface area contributed by atoms with Crippen molar-refractivity contribution in [2.75, 3.05) is 22.2 Å². The van der Waals surface area contributed by atoms with Crippen molar-refractivity contribution in [3.8, 4) is 0 Å². The van der Waals surface area contributed by atoms with E-state index in [1.165, 1.54) is 76.9 Å². The van der Waals surface area contributed by atoms with Crippen molar-refractivity contribution in [2.45, 2.75) is 157 Å². The van der Waals surface area contributed by atoms with E-state index in [0.717, 1.165) is 32.2 Å². The first-order valence-electron chi connectivity index (χ1n) is 18.7. The van der Waals surface area contributed by atoms with Crippen molar-refractivity contribution in [2.24, 2.45) is 17.3 Å². The molecule has 1 heterocycles. The van der Waals surface area contributed by atoms with Gasteiger partial charge in [0, 0.05) is 39.7 Å². The largest absolute Gasteiger partial charge is 0.353 e. The average molecular weight is 743 g/mol. The summed E-state index contributed by atoms with van der Waals surface area (Å²) in [5, 5.41) is 3.50. The molecule has 1 N–H and O–H groups in total. The van der Waals surface area contributed by atoms with Crippen molar-refractivity contribution < 1.29 is 4.79 Å². The van der Waals surface area contributed by atoms with E-state index in [4.69, 9.17) is 11.6 Å². The van der Waals surface area contributed by atoms with Gasteiger partial charge >= 0.3 is 0 Å². The second-order valence-electron chi connectivity index (χ2n) is 16.8. The average Bonchev–Trinajstić information content (AvgIpc) is 3.28. The number of hydrogen-bond acceptors (Lipinski definition) is 3. The number of carbonyl (C=O) groups is 1. The predicted octanol–water partition coefficient (Wildman–Crippen LogP) is 11.3. The fourth-order valence-corrected chi connectivity index (χ4v) is 10.4. The summed E-state index contributed by atoms with van der Waals surface area (Å²) in [4.78, 5) is 19.1. The van der Waals surface area contributed by atoms with E-state index in [9.17, 15) is 4.79 Å². The van der Waals surface area contributed by atoms with Gasteiger partial charge < -0.3 is 15.1 Å². The SMILES string of the molecule is Cc1cc(C)c(N2CC(CC(C(C)CC(C)(C)C(=O)NC3CCCCCCC3)C(C)(C)Br)N(c3c(C)cc(C)cc3C)C2CCl)c(C)c1. The van der Waals surface area contributed by atoms with Gasteiger partial charge in [0.05, 0.1) is 5.88 Å². The summed E-state index contributed by atoms with van der Waals surface area (Å²) in [6.07, 6.45) is 10.5. The Kier molecular flexibility index (Phi) is 13.1. The number of alkyl halides is 2. The highest BCUT2D eigenvalue weighted by molar-refractivity contribution is 9.10. The molecule has 48 heavy (non-hydrogen) atoms. The lowest BCUT2D eigenvalue weighted by Crippen LogP contribution is -2.47. The number of nitrogens with one attached hydrogen (secondary N) is 1. The first-order chi connectivity index (χ1) is 22.4. The third-order valence-electron chi connectivity index (χ3n) is 11.4. The third kappa shape index (κ3) is 9.14. The maximum Gasteiger partial charge on any atom is 0.225 e. The molecule has 4 rings (SSSR count). The normalized spacial score (nSPS) is 21.2. The molecule has 2 fully saturated rings. The Morgan fingerprint density at radius 1 is 0.854 bits per heavy atom. The molecule has 6 heteroatoms. The van der Waals surface area contributed by atoms with Crippen LogP contribution in [0.5, 0.6) is 0 Å². The summed E-state index contributed by atoms with van der Waals surface area (Å²) in [6.45, 7) is 25.6. The van der Waals surface area contributed by atoms with Gasteiger partial charge in [-0.1, -0.05) is 104 Å². The first-order valence-corrected chi connectivity index (χ1v) is 20.0. The molecule has 4 nitrogen and oxygen atoms in total. The monoisotopic (exact) mass is 741 g/mol. The van der Waals surface area contributed by atoms with Crippen molar-refractivity contribution >= 4 is 44.8 Å². The minimum absolute atomic E-state index is 0.0391. The molecular formula is C42H65BrClN3O. The standard InChI is InChI=1S/C42H65BrClN3O/c1-27-19-29(3)38(30(4)20-27)46-26-35(47(37(46)25-44)39-31(5)21-28(2)22-32(39)6)23-36(42(10,11)43)33(7)24-41(8,9)40(48)45-34-17-15-13-12-14-16-18-34/h19-22,33-37H,12-18,23-26H2,1-11H3,(H,45,48). The van der Waals surface area contributed by atoms with E-state index >= 15 is 0 Å². The molecule has 1 saturated carbocycles. The number of nitrogens with zero attached hydrogens (tertiary/aromatic N) is 2. The summed E-state index contributed by atoms with van der Waals surface area (Å²) in [5.74, 6) is 1.40. The van der Waals surface area contributed by atoms with Crippen LogP contribution in [-0.4, -0.2) is 40.9 Å². The van der Waals surface area contributed by atoms with Gasteiger partial charge in [0.2, 0.25) is 5.91 Å². The maximum absolute atomic E-state index is 13.8. The number of rotatable bonds is 11. The molecule has 0 spiro atoms. The number of carbonyl (C=O) groups excluding carboxylic acids is 1. The van der Waals surface area contributed by atoms with Crippen LogP contribution in [-0.2, 0) is 4.79 Å². The highest BCUT2D eigenvalue weighted by Gasteiger charge is 2.46. The molecule has 1 saturated heterocycles. The van der Waals surface area contributed by atoms with Crippen molar-refractivity contribution in [3.05, 3.63) is 57.6 Å². The van der Waals surface area contributed by atoms with Crippen LogP contribution in [0, 0.1) is 58.8 Å². The van der Waals surface area contributed by atoms with Gasteiger partial charge in [0.25, 0.3) is 0 Å². The Hall–Kier alpha value is -1.72. The Morgan fingerprint density at radius 2 is 1.33 bits per heavy atom. The van der Waals surface area contributed by atoms with Gasteiger partial charge in [-0.15, -0.1) is 11.6 Å². The highest BCUT2D eigenvalue weighted by Crippen LogP contribution is 2.46. The molecule has 1 amide bonds. The van der Waals surface area contributed by atoms with Crippen molar-refractivity contribution in [1.82, 2.24) is 5.32 Å². The lowest BCUT2D eigenvalue weighted by molar-refractivity contribution is -0.131. The van der Waals surface area contributed by atoms with Crippen LogP contribution in [0.2, 0.25) is 0 Å². The highest BCUT2D eigenvalue weighted by atomic mass is 79.9. The number of anilines is 2. The summed E-state index contributed by atoms with van der Waals surface area (Å²) < 4.78 is -0.110. The number of aryl methyl sites for hydroxylation is 6. The molecule has 0 bridgehead atoms. The summed E-state index contributed by atoms with van der Waals surface area (Å²) in [6, 6.07) is 9.83. The van der Waals surface area contributed by atoms with Crippen LogP contribution in [0.1, 0.15) is 126 Å². The Morgan fingerprint density at radius 3 is 1.81 bits per heavy atom. The minimum atomic E-state index is -0.446. The lowest BCUT2D eigenvalue weighted by Gasteiger charge is -2.42. The molecular weight excluding hydrogens is 678 g/mol. The van der Waals surface area contributed by atoms with E-state index in [1.54, 1.807) is 0 Å². The van der Waals surface area contributed by atoms with Crippen LogP contribution in [0.4, 0.5) is 11.4 Å². The van der Waals surface area contributed by atoms with Gasteiger partial charge in [0.15, 0.2) is 0 Å². The van der Waals surface area contributed by atoms with E-state index < -0.39 is 5.41 Å². The van der Waals surface area contributed by atoms with Crippen LogP contribution in [0.3, 0.4) is 0 Å². The second-order valence-corrected chi connectivity index (χ2v) is 19.2. The maximum atomic E-state index is 13.8. The van der Waals surface area contributed by atoms with Gasteiger partial charge in [-0.25, -0.2) is 0 Å². The van der Waals surface area contributed by atoms with Gasteiger partial charge in [-0.2, -0.15) is 0 Å². The molecule has 2 aliphatic rings. The zero-order chi connectivity index (χ0) is 35.6. The zero-order valence-corrected chi connectivity index (χ0v) is 34.4. The molecule has 1 aliphatic heterocycles. The number of hydrogen-bond donors (Lipinski definition) is 1. The molecule has 0 aromatic heterocycles.